The number of rotatable bonds is 6. The SMILES string of the molecule is O=C(NCc1ccccc1CS(=O)(=O)N1CCOCC1)c1cc(Cl)sc1Cl. The average Bonchev–Trinajstić information content (AvgIpc) is 2.99. The molecule has 6 nitrogen and oxygen atoms in total. The molecule has 0 saturated carbocycles. The fraction of sp³-hybridized carbons (Fsp3) is 0.353. The zero-order valence-corrected chi connectivity index (χ0v) is 17.4. The van der Waals surface area contributed by atoms with Gasteiger partial charge in [0.2, 0.25) is 10.0 Å². The predicted octanol–water partition coefficient (Wildman–Crippen LogP) is 3.15. The second-order valence-electron chi connectivity index (χ2n) is 5.96. The van der Waals surface area contributed by atoms with Gasteiger partial charge < -0.3 is 10.1 Å². The average molecular weight is 449 g/mol. The monoisotopic (exact) mass is 448 g/mol. The van der Waals surface area contributed by atoms with Crippen LogP contribution in [0.1, 0.15) is 21.5 Å². The number of halogens is 2. The van der Waals surface area contributed by atoms with Crippen LogP contribution in [0.25, 0.3) is 0 Å². The molecule has 10 heteroatoms. The van der Waals surface area contributed by atoms with Crippen LogP contribution in [0.4, 0.5) is 0 Å². The molecule has 1 saturated heterocycles. The largest absolute Gasteiger partial charge is 0.379 e. The first kappa shape index (κ1) is 20.6. The van der Waals surface area contributed by atoms with Crippen molar-refractivity contribution in [3.05, 3.63) is 55.7 Å². The second-order valence-corrected chi connectivity index (χ2v) is 10.2. The van der Waals surface area contributed by atoms with Gasteiger partial charge in [0.05, 0.1) is 28.9 Å². The van der Waals surface area contributed by atoms with E-state index >= 15 is 0 Å². The van der Waals surface area contributed by atoms with E-state index in [1.807, 2.05) is 0 Å². The molecule has 0 aliphatic carbocycles. The molecule has 2 aromatic rings. The molecule has 2 heterocycles. The lowest BCUT2D eigenvalue weighted by Gasteiger charge is -2.26. The van der Waals surface area contributed by atoms with Gasteiger partial charge in [0.15, 0.2) is 0 Å². The standard InChI is InChI=1S/C17H18Cl2N2O4S2/c18-15-9-14(16(19)26-15)17(22)20-10-12-3-1-2-4-13(12)11-27(23,24)21-5-7-25-8-6-21/h1-4,9H,5-8,10-11H2,(H,20,22). The van der Waals surface area contributed by atoms with Crippen molar-refractivity contribution in [1.82, 2.24) is 9.62 Å². The van der Waals surface area contributed by atoms with Crippen molar-refractivity contribution in [2.45, 2.75) is 12.3 Å². The van der Waals surface area contributed by atoms with Gasteiger partial charge in [-0.25, -0.2) is 8.42 Å². The molecule has 3 rings (SSSR count). The normalized spacial score (nSPS) is 15.6. The van der Waals surface area contributed by atoms with Gasteiger partial charge in [-0.3, -0.25) is 4.79 Å². The van der Waals surface area contributed by atoms with E-state index < -0.39 is 10.0 Å². The second kappa shape index (κ2) is 8.89. The number of carbonyl (C=O) groups excluding carboxylic acids is 1. The summed E-state index contributed by atoms with van der Waals surface area (Å²) < 4.78 is 32.7. The molecule has 0 radical (unpaired) electrons. The summed E-state index contributed by atoms with van der Waals surface area (Å²) in [5, 5.41) is 2.77. The first-order valence-corrected chi connectivity index (χ1v) is 11.4. The summed E-state index contributed by atoms with van der Waals surface area (Å²) in [6.45, 7) is 1.72. The Balaban J connectivity index is 1.70. The number of benzene rings is 1. The van der Waals surface area contributed by atoms with E-state index in [1.54, 1.807) is 24.3 Å². The number of nitrogens with one attached hydrogen (secondary N) is 1. The summed E-state index contributed by atoms with van der Waals surface area (Å²) in [6.07, 6.45) is 0. The predicted molar refractivity (Wildman–Crippen MR) is 107 cm³/mol. The minimum atomic E-state index is -3.45. The summed E-state index contributed by atoms with van der Waals surface area (Å²) >= 11 is 13.0. The maximum atomic E-state index is 12.7. The number of morpholine rings is 1. The molecule has 1 aromatic carbocycles. The molecule has 0 atom stereocenters. The summed E-state index contributed by atoms with van der Waals surface area (Å²) in [6, 6.07) is 8.66. The molecule has 0 bridgehead atoms. The third kappa shape index (κ3) is 5.22. The van der Waals surface area contributed by atoms with Gasteiger partial charge in [-0.2, -0.15) is 4.31 Å². The molecular formula is C17H18Cl2N2O4S2. The van der Waals surface area contributed by atoms with Crippen LogP contribution in [0.3, 0.4) is 0 Å². The van der Waals surface area contributed by atoms with Gasteiger partial charge in [-0.05, 0) is 17.2 Å². The van der Waals surface area contributed by atoms with Crippen molar-refractivity contribution >= 4 is 50.5 Å². The topological polar surface area (TPSA) is 75.7 Å². The van der Waals surface area contributed by atoms with E-state index in [9.17, 15) is 13.2 Å². The van der Waals surface area contributed by atoms with Crippen molar-refractivity contribution < 1.29 is 17.9 Å². The summed E-state index contributed by atoms with van der Waals surface area (Å²) in [4.78, 5) is 12.3. The highest BCUT2D eigenvalue weighted by Crippen LogP contribution is 2.31. The van der Waals surface area contributed by atoms with E-state index in [0.29, 0.717) is 46.1 Å². The number of sulfonamides is 1. The number of carbonyl (C=O) groups is 1. The highest BCUT2D eigenvalue weighted by atomic mass is 35.5. The Morgan fingerprint density at radius 2 is 1.85 bits per heavy atom. The van der Waals surface area contributed by atoms with Crippen molar-refractivity contribution in [2.24, 2.45) is 0 Å². The Morgan fingerprint density at radius 1 is 1.19 bits per heavy atom. The van der Waals surface area contributed by atoms with Crippen LogP contribution in [0.5, 0.6) is 0 Å². The Morgan fingerprint density at radius 3 is 2.48 bits per heavy atom. The molecule has 1 amide bonds. The molecule has 1 N–H and O–H groups in total. The van der Waals surface area contributed by atoms with Crippen LogP contribution in [0.15, 0.2) is 30.3 Å². The van der Waals surface area contributed by atoms with Crippen molar-refractivity contribution in [3.63, 3.8) is 0 Å². The van der Waals surface area contributed by atoms with Gasteiger partial charge in [0, 0.05) is 19.6 Å². The first-order chi connectivity index (χ1) is 12.9. The zero-order chi connectivity index (χ0) is 19.4. The number of hydrogen-bond acceptors (Lipinski definition) is 5. The fourth-order valence-electron chi connectivity index (χ4n) is 2.75. The summed E-state index contributed by atoms with van der Waals surface area (Å²) in [5.74, 6) is -0.474. The highest BCUT2D eigenvalue weighted by molar-refractivity contribution is 7.88. The lowest BCUT2D eigenvalue weighted by atomic mass is 10.1. The number of amides is 1. The van der Waals surface area contributed by atoms with Crippen LogP contribution in [-0.2, 0) is 27.1 Å². The van der Waals surface area contributed by atoms with E-state index in [-0.39, 0.29) is 18.2 Å². The van der Waals surface area contributed by atoms with Crippen LogP contribution in [-0.4, -0.2) is 44.9 Å². The van der Waals surface area contributed by atoms with Gasteiger partial charge in [-0.1, -0.05) is 47.5 Å². The Labute approximate surface area is 172 Å². The summed E-state index contributed by atoms with van der Waals surface area (Å²) in [5.41, 5.74) is 1.70. The quantitative estimate of drug-likeness (QED) is 0.736. The fourth-order valence-corrected chi connectivity index (χ4v) is 5.77. The maximum Gasteiger partial charge on any atom is 0.253 e. The van der Waals surface area contributed by atoms with Crippen LogP contribution in [0.2, 0.25) is 8.67 Å². The molecule has 1 fully saturated rings. The number of hydrogen-bond donors (Lipinski definition) is 1. The van der Waals surface area contributed by atoms with Gasteiger partial charge in [-0.15, -0.1) is 11.3 Å². The Kier molecular flexibility index (Phi) is 6.78. The van der Waals surface area contributed by atoms with Crippen LogP contribution in [0, 0.1) is 0 Å². The van der Waals surface area contributed by atoms with Crippen LogP contribution < -0.4 is 5.32 Å². The minimum Gasteiger partial charge on any atom is -0.379 e. The van der Waals surface area contributed by atoms with E-state index in [2.05, 4.69) is 5.32 Å². The molecule has 0 unspecified atom stereocenters. The van der Waals surface area contributed by atoms with Crippen molar-refractivity contribution in [2.75, 3.05) is 26.3 Å². The lowest BCUT2D eigenvalue weighted by molar-refractivity contribution is 0.0729. The Bertz CT molecular complexity index is 925. The van der Waals surface area contributed by atoms with E-state index in [4.69, 9.17) is 27.9 Å². The lowest BCUT2D eigenvalue weighted by Crippen LogP contribution is -2.41. The van der Waals surface area contributed by atoms with Gasteiger partial charge in [0.25, 0.3) is 5.91 Å². The third-order valence-corrected chi connectivity index (χ3v) is 7.48. The first-order valence-electron chi connectivity index (χ1n) is 8.22. The van der Waals surface area contributed by atoms with Crippen LogP contribution >= 0.6 is 34.5 Å². The molecule has 27 heavy (non-hydrogen) atoms. The molecule has 146 valence electrons. The maximum absolute atomic E-state index is 12.7. The Hall–Kier alpha value is -1.16. The molecule has 1 aliphatic rings. The zero-order valence-electron chi connectivity index (χ0n) is 14.3. The van der Waals surface area contributed by atoms with Crippen molar-refractivity contribution in [3.8, 4) is 0 Å². The number of thiophene rings is 1. The highest BCUT2D eigenvalue weighted by Gasteiger charge is 2.25. The van der Waals surface area contributed by atoms with Gasteiger partial charge >= 0.3 is 0 Å². The number of ether oxygens (including phenoxy) is 1. The molecule has 0 spiro atoms. The molecule has 1 aliphatic heterocycles. The van der Waals surface area contributed by atoms with E-state index in [0.717, 1.165) is 16.9 Å². The van der Waals surface area contributed by atoms with Crippen molar-refractivity contribution in [1.29, 1.82) is 0 Å². The third-order valence-electron chi connectivity index (χ3n) is 4.16. The molecular weight excluding hydrogens is 431 g/mol. The van der Waals surface area contributed by atoms with Gasteiger partial charge in [0.1, 0.15) is 4.34 Å². The smallest absolute Gasteiger partial charge is 0.253 e. The minimum absolute atomic E-state index is 0.121. The molecule has 1 aromatic heterocycles. The number of nitrogens with zero attached hydrogens (tertiary/aromatic N) is 1. The summed E-state index contributed by atoms with van der Waals surface area (Å²) in [7, 11) is -3.45. The van der Waals surface area contributed by atoms with E-state index in [1.165, 1.54) is 10.4 Å².